The molecule has 0 atom stereocenters. The molecule has 170 valence electrons. The molecule has 0 amide bonds. The Kier molecular flexibility index (Phi) is 6.97. The molecular formula is C22H14F4N2O5. The Morgan fingerprint density at radius 2 is 1.67 bits per heavy atom. The first-order valence-corrected chi connectivity index (χ1v) is 9.28. The Morgan fingerprint density at radius 3 is 2.30 bits per heavy atom. The number of rotatable bonds is 7. The number of hydrogen-bond donors (Lipinski definition) is 0. The molecule has 1 heterocycles. The van der Waals surface area contributed by atoms with Crippen LogP contribution in [0.15, 0.2) is 54.6 Å². The van der Waals surface area contributed by atoms with Crippen LogP contribution in [0.5, 0.6) is 29.0 Å². The molecule has 0 saturated heterocycles. The van der Waals surface area contributed by atoms with Crippen LogP contribution in [0.4, 0.5) is 17.6 Å². The van der Waals surface area contributed by atoms with Gasteiger partial charge in [-0.3, -0.25) is 0 Å². The smallest absolute Gasteiger partial charge is 0.462 e. The number of carbonyl (C=O) groups is 1. The molecule has 0 spiro atoms. The van der Waals surface area contributed by atoms with E-state index in [1.54, 1.807) is 0 Å². The van der Waals surface area contributed by atoms with Crippen LogP contribution in [0.25, 0.3) is 0 Å². The summed E-state index contributed by atoms with van der Waals surface area (Å²) in [4.78, 5) is 16.1. The average molecular weight is 462 g/mol. The Morgan fingerprint density at radius 1 is 1.00 bits per heavy atom. The van der Waals surface area contributed by atoms with Crippen LogP contribution >= 0.6 is 0 Å². The number of pyridine rings is 1. The standard InChI is InChI=1S/C22H14F4N2O5/c1-2-30-21(29)17-11-18(23)20(31-14-8-6-13(12-27)7-9-14)28-19(17)32-15-4-3-5-16(10-15)33-22(24,25)26/h3-11H,2H2,1H3. The van der Waals surface area contributed by atoms with Crippen LogP contribution in [-0.2, 0) is 4.74 Å². The van der Waals surface area contributed by atoms with Crippen LogP contribution in [0.3, 0.4) is 0 Å². The molecule has 33 heavy (non-hydrogen) atoms. The summed E-state index contributed by atoms with van der Waals surface area (Å²) in [5.41, 5.74) is -0.0675. The fourth-order valence-electron chi connectivity index (χ4n) is 2.52. The molecule has 0 bridgehead atoms. The summed E-state index contributed by atoms with van der Waals surface area (Å²) in [6.07, 6.45) is -4.93. The lowest BCUT2D eigenvalue weighted by Crippen LogP contribution is -2.17. The Labute approximate surface area is 184 Å². The van der Waals surface area contributed by atoms with Gasteiger partial charge in [-0.2, -0.15) is 10.2 Å². The Balaban J connectivity index is 1.96. The minimum atomic E-state index is -4.93. The van der Waals surface area contributed by atoms with Gasteiger partial charge in [0, 0.05) is 6.07 Å². The van der Waals surface area contributed by atoms with Gasteiger partial charge in [-0.1, -0.05) is 6.07 Å². The second-order valence-electron chi connectivity index (χ2n) is 6.21. The van der Waals surface area contributed by atoms with Crippen molar-refractivity contribution >= 4 is 5.97 Å². The van der Waals surface area contributed by atoms with E-state index in [-0.39, 0.29) is 18.1 Å². The van der Waals surface area contributed by atoms with Gasteiger partial charge in [0.2, 0.25) is 5.88 Å². The van der Waals surface area contributed by atoms with Gasteiger partial charge in [-0.05, 0) is 49.4 Å². The van der Waals surface area contributed by atoms with Crippen molar-refractivity contribution in [1.29, 1.82) is 5.26 Å². The number of nitriles is 1. The predicted molar refractivity (Wildman–Crippen MR) is 105 cm³/mol. The van der Waals surface area contributed by atoms with Crippen molar-refractivity contribution < 1.29 is 41.3 Å². The highest BCUT2D eigenvalue weighted by Crippen LogP contribution is 2.33. The molecule has 2 aromatic carbocycles. The van der Waals surface area contributed by atoms with E-state index in [9.17, 15) is 22.4 Å². The minimum absolute atomic E-state index is 0.0295. The highest BCUT2D eigenvalue weighted by atomic mass is 19.4. The van der Waals surface area contributed by atoms with Gasteiger partial charge < -0.3 is 18.9 Å². The van der Waals surface area contributed by atoms with Gasteiger partial charge in [0.05, 0.1) is 18.2 Å². The molecular weight excluding hydrogens is 448 g/mol. The second-order valence-corrected chi connectivity index (χ2v) is 6.21. The fourth-order valence-corrected chi connectivity index (χ4v) is 2.52. The molecule has 7 nitrogen and oxygen atoms in total. The maximum absolute atomic E-state index is 14.6. The lowest BCUT2D eigenvalue weighted by atomic mass is 10.2. The molecule has 0 saturated carbocycles. The number of hydrogen-bond acceptors (Lipinski definition) is 7. The first-order chi connectivity index (χ1) is 15.7. The number of alkyl halides is 3. The maximum atomic E-state index is 14.6. The summed E-state index contributed by atoms with van der Waals surface area (Å²) in [6, 6.07) is 12.8. The Bertz CT molecular complexity index is 1190. The van der Waals surface area contributed by atoms with Gasteiger partial charge >= 0.3 is 12.3 Å². The highest BCUT2D eigenvalue weighted by Gasteiger charge is 2.31. The van der Waals surface area contributed by atoms with E-state index in [4.69, 9.17) is 19.5 Å². The lowest BCUT2D eigenvalue weighted by Gasteiger charge is -2.14. The third-order valence-electron chi connectivity index (χ3n) is 3.86. The van der Waals surface area contributed by atoms with Gasteiger partial charge in [0.25, 0.3) is 5.88 Å². The molecule has 3 rings (SSSR count). The predicted octanol–water partition coefficient (Wildman–Crippen LogP) is 5.75. The number of carbonyl (C=O) groups excluding carboxylic acids is 1. The summed E-state index contributed by atoms with van der Waals surface area (Å²) in [7, 11) is 0. The molecule has 0 aliphatic rings. The monoisotopic (exact) mass is 462 g/mol. The maximum Gasteiger partial charge on any atom is 0.573 e. The summed E-state index contributed by atoms with van der Waals surface area (Å²) < 4.78 is 71.6. The highest BCUT2D eigenvalue weighted by molar-refractivity contribution is 5.92. The molecule has 0 fully saturated rings. The summed E-state index contributed by atoms with van der Waals surface area (Å²) >= 11 is 0. The normalized spacial score (nSPS) is 10.8. The zero-order valence-corrected chi connectivity index (χ0v) is 16.9. The first kappa shape index (κ1) is 23.3. The molecule has 0 unspecified atom stereocenters. The SMILES string of the molecule is CCOC(=O)c1cc(F)c(Oc2ccc(C#N)cc2)nc1Oc1cccc(OC(F)(F)F)c1. The number of benzene rings is 2. The summed E-state index contributed by atoms with van der Waals surface area (Å²) in [5.74, 6) is -3.65. The first-order valence-electron chi connectivity index (χ1n) is 9.28. The molecule has 0 aliphatic carbocycles. The van der Waals surface area contributed by atoms with E-state index < -0.39 is 41.2 Å². The van der Waals surface area contributed by atoms with Crippen molar-refractivity contribution in [2.45, 2.75) is 13.3 Å². The zero-order valence-electron chi connectivity index (χ0n) is 16.9. The van der Waals surface area contributed by atoms with E-state index in [0.29, 0.717) is 5.56 Å². The van der Waals surface area contributed by atoms with Gasteiger partial charge in [0.1, 0.15) is 22.8 Å². The number of halogens is 4. The van der Waals surface area contributed by atoms with Gasteiger partial charge in [-0.15, -0.1) is 13.2 Å². The number of nitrogens with zero attached hydrogens (tertiary/aromatic N) is 2. The molecule has 11 heteroatoms. The molecule has 0 aliphatic heterocycles. The second kappa shape index (κ2) is 9.86. The van der Waals surface area contributed by atoms with Crippen molar-refractivity contribution in [1.82, 2.24) is 4.98 Å². The van der Waals surface area contributed by atoms with E-state index >= 15 is 0 Å². The molecule has 1 aromatic heterocycles. The van der Waals surface area contributed by atoms with Crippen molar-refractivity contribution in [2.24, 2.45) is 0 Å². The number of aromatic nitrogens is 1. The number of esters is 1. The van der Waals surface area contributed by atoms with Crippen LogP contribution in [0, 0.1) is 17.1 Å². The van der Waals surface area contributed by atoms with Crippen LogP contribution in [0.2, 0.25) is 0 Å². The summed E-state index contributed by atoms with van der Waals surface area (Å²) in [5, 5.41) is 8.85. The molecule has 0 N–H and O–H groups in total. The van der Waals surface area contributed by atoms with Crippen LogP contribution < -0.4 is 14.2 Å². The van der Waals surface area contributed by atoms with Crippen molar-refractivity contribution in [3.63, 3.8) is 0 Å². The largest absolute Gasteiger partial charge is 0.573 e. The zero-order chi connectivity index (χ0) is 24.0. The van der Waals surface area contributed by atoms with E-state index in [1.807, 2.05) is 6.07 Å². The van der Waals surface area contributed by atoms with Crippen molar-refractivity contribution in [3.8, 4) is 35.1 Å². The topological polar surface area (TPSA) is 90.7 Å². The third-order valence-corrected chi connectivity index (χ3v) is 3.86. The fraction of sp³-hybridized carbons (Fsp3) is 0.136. The van der Waals surface area contributed by atoms with E-state index in [2.05, 4.69) is 9.72 Å². The van der Waals surface area contributed by atoms with E-state index in [1.165, 1.54) is 43.3 Å². The summed E-state index contributed by atoms with van der Waals surface area (Å²) in [6.45, 7) is 1.50. The van der Waals surface area contributed by atoms with Gasteiger partial charge in [0.15, 0.2) is 5.82 Å². The quantitative estimate of drug-likeness (QED) is 0.326. The van der Waals surface area contributed by atoms with Gasteiger partial charge in [-0.25, -0.2) is 9.18 Å². The van der Waals surface area contributed by atoms with Crippen LogP contribution in [-0.4, -0.2) is 23.9 Å². The van der Waals surface area contributed by atoms with Crippen LogP contribution in [0.1, 0.15) is 22.8 Å². The lowest BCUT2D eigenvalue weighted by molar-refractivity contribution is -0.274. The van der Waals surface area contributed by atoms with Crippen molar-refractivity contribution in [2.75, 3.05) is 6.61 Å². The van der Waals surface area contributed by atoms with E-state index in [0.717, 1.165) is 18.2 Å². The van der Waals surface area contributed by atoms with Crippen molar-refractivity contribution in [3.05, 3.63) is 71.5 Å². The number of ether oxygens (including phenoxy) is 4. The Hall–Kier alpha value is -4.33. The molecule has 3 aromatic rings. The molecule has 0 radical (unpaired) electrons. The minimum Gasteiger partial charge on any atom is -0.462 e. The third kappa shape index (κ3) is 6.33. The average Bonchev–Trinajstić information content (AvgIpc) is 2.75.